The number of aryl methyl sites for hydroxylation is 1. The van der Waals surface area contributed by atoms with Crippen molar-refractivity contribution in [2.24, 2.45) is 7.05 Å². The first kappa shape index (κ1) is 9.31. The molecule has 0 aromatic carbocycles. The van der Waals surface area contributed by atoms with E-state index < -0.39 is 11.9 Å². The van der Waals surface area contributed by atoms with Gasteiger partial charge in [0.05, 0.1) is 12.0 Å². The molecule has 1 rings (SSSR count). The van der Waals surface area contributed by atoms with E-state index in [4.69, 9.17) is 10.2 Å². The minimum atomic E-state index is -1.10. The van der Waals surface area contributed by atoms with Crippen LogP contribution in [0.2, 0.25) is 0 Å². The topological polar surface area (TPSA) is 79.5 Å². The summed E-state index contributed by atoms with van der Waals surface area (Å²) in [5.41, 5.74) is 0.352. The summed E-state index contributed by atoms with van der Waals surface area (Å²) in [4.78, 5) is 21.0. The lowest BCUT2D eigenvalue weighted by atomic mass is 10.2. The summed E-state index contributed by atoms with van der Waals surface area (Å²) < 4.78 is 1.50. The van der Waals surface area contributed by atoms with Gasteiger partial charge in [-0.2, -0.15) is 0 Å². The zero-order chi connectivity index (χ0) is 10.0. The molecule has 0 unspecified atom stereocenters. The van der Waals surface area contributed by atoms with Gasteiger partial charge in [0.25, 0.3) is 0 Å². The van der Waals surface area contributed by atoms with E-state index >= 15 is 0 Å². The monoisotopic (exact) mass is 183 g/mol. The Labute approximate surface area is 74.2 Å². The van der Waals surface area contributed by atoms with Crippen LogP contribution in [0.15, 0.2) is 12.3 Å². The largest absolute Gasteiger partial charge is 0.481 e. The number of hydrogen-bond acceptors (Lipinski definition) is 2. The molecule has 0 spiro atoms. The molecule has 5 nitrogen and oxygen atoms in total. The number of carbonyl (C=O) groups is 2. The Balaban J connectivity index is 3.08. The Morgan fingerprint density at radius 1 is 1.46 bits per heavy atom. The van der Waals surface area contributed by atoms with E-state index in [2.05, 4.69) is 0 Å². The molecule has 0 aliphatic heterocycles. The van der Waals surface area contributed by atoms with E-state index in [1.807, 2.05) is 0 Å². The summed E-state index contributed by atoms with van der Waals surface area (Å²) in [7, 11) is 1.62. The van der Waals surface area contributed by atoms with Gasteiger partial charge in [0.15, 0.2) is 0 Å². The van der Waals surface area contributed by atoms with Crippen LogP contribution in [0.25, 0.3) is 0 Å². The maximum absolute atomic E-state index is 10.6. The number of aromatic carboxylic acids is 1. The van der Waals surface area contributed by atoms with Crippen LogP contribution in [0.1, 0.15) is 16.1 Å². The fourth-order valence-corrected chi connectivity index (χ4v) is 1.12. The number of nitrogens with zero attached hydrogens (tertiary/aromatic N) is 1. The Morgan fingerprint density at radius 2 is 2.08 bits per heavy atom. The van der Waals surface area contributed by atoms with Gasteiger partial charge in [-0.15, -0.1) is 0 Å². The van der Waals surface area contributed by atoms with E-state index in [0.717, 1.165) is 0 Å². The molecule has 2 N–H and O–H groups in total. The van der Waals surface area contributed by atoms with Crippen molar-refractivity contribution < 1.29 is 19.8 Å². The lowest BCUT2D eigenvalue weighted by Gasteiger charge is -2.00. The second-order valence-electron chi connectivity index (χ2n) is 2.66. The predicted octanol–water partition coefficient (Wildman–Crippen LogP) is 0.350. The van der Waals surface area contributed by atoms with Crippen molar-refractivity contribution in [2.75, 3.05) is 0 Å². The smallest absolute Gasteiger partial charge is 0.337 e. The lowest BCUT2D eigenvalue weighted by molar-refractivity contribution is -0.136. The second-order valence-corrected chi connectivity index (χ2v) is 2.66. The van der Waals surface area contributed by atoms with Crippen LogP contribution >= 0.6 is 0 Å². The normalized spacial score (nSPS) is 9.92. The molecule has 1 aromatic heterocycles. The molecule has 0 saturated heterocycles. The van der Waals surface area contributed by atoms with Crippen LogP contribution in [0.5, 0.6) is 0 Å². The van der Waals surface area contributed by atoms with Crippen LogP contribution in [-0.4, -0.2) is 26.7 Å². The molecule has 0 aliphatic carbocycles. The number of aromatic nitrogens is 1. The maximum Gasteiger partial charge on any atom is 0.337 e. The van der Waals surface area contributed by atoms with Crippen molar-refractivity contribution >= 4 is 11.9 Å². The van der Waals surface area contributed by atoms with E-state index in [0.29, 0.717) is 5.69 Å². The summed E-state index contributed by atoms with van der Waals surface area (Å²) in [6.07, 6.45) is 1.26. The Bertz CT molecular complexity index is 353. The first-order valence-electron chi connectivity index (χ1n) is 3.61. The summed E-state index contributed by atoms with van der Waals surface area (Å²) in [6.45, 7) is 0. The molecule has 0 fully saturated rings. The molecule has 1 aromatic rings. The van der Waals surface area contributed by atoms with Gasteiger partial charge in [0.1, 0.15) is 0 Å². The van der Waals surface area contributed by atoms with E-state index in [1.54, 1.807) is 7.05 Å². The minimum Gasteiger partial charge on any atom is -0.481 e. The van der Waals surface area contributed by atoms with Crippen molar-refractivity contribution in [3.8, 4) is 0 Å². The van der Waals surface area contributed by atoms with Gasteiger partial charge >= 0.3 is 11.9 Å². The molecule has 1 heterocycles. The van der Waals surface area contributed by atoms with Gasteiger partial charge in [0.2, 0.25) is 0 Å². The van der Waals surface area contributed by atoms with E-state index in [-0.39, 0.29) is 12.0 Å². The van der Waals surface area contributed by atoms with Crippen LogP contribution < -0.4 is 0 Å². The standard InChI is InChI=1S/C8H9NO4/c1-9-3-2-5(8(12)13)6(9)4-7(10)11/h2-3H,4H2,1H3,(H,10,11)(H,12,13). The predicted molar refractivity (Wildman–Crippen MR) is 43.7 cm³/mol. The summed E-state index contributed by atoms with van der Waals surface area (Å²) in [6, 6.07) is 1.39. The zero-order valence-electron chi connectivity index (χ0n) is 7.02. The third-order valence-electron chi connectivity index (χ3n) is 1.75. The van der Waals surface area contributed by atoms with Crippen LogP contribution in [-0.2, 0) is 18.3 Å². The Morgan fingerprint density at radius 3 is 2.54 bits per heavy atom. The highest BCUT2D eigenvalue weighted by atomic mass is 16.4. The van der Waals surface area contributed by atoms with Gasteiger partial charge in [-0.05, 0) is 6.07 Å². The highest BCUT2D eigenvalue weighted by Gasteiger charge is 2.15. The molecule has 5 heteroatoms. The van der Waals surface area contributed by atoms with Gasteiger partial charge in [-0.25, -0.2) is 4.79 Å². The second kappa shape index (κ2) is 3.30. The van der Waals surface area contributed by atoms with Crippen LogP contribution in [0, 0.1) is 0 Å². The van der Waals surface area contributed by atoms with Crippen molar-refractivity contribution in [1.82, 2.24) is 4.57 Å². The number of hydrogen-bond donors (Lipinski definition) is 2. The SMILES string of the molecule is Cn1ccc(C(=O)O)c1CC(=O)O. The zero-order valence-corrected chi connectivity index (χ0v) is 7.02. The quantitative estimate of drug-likeness (QED) is 0.708. The van der Waals surface area contributed by atoms with Gasteiger partial charge in [-0.1, -0.05) is 0 Å². The number of carboxylic acids is 2. The summed E-state index contributed by atoms with van der Waals surface area (Å²) in [5, 5.41) is 17.2. The van der Waals surface area contributed by atoms with Crippen LogP contribution in [0.3, 0.4) is 0 Å². The fourth-order valence-electron chi connectivity index (χ4n) is 1.12. The molecule has 0 saturated carbocycles. The Hall–Kier alpha value is -1.78. The van der Waals surface area contributed by atoms with Crippen LogP contribution in [0.4, 0.5) is 0 Å². The molecule has 0 amide bonds. The Kier molecular flexibility index (Phi) is 2.36. The average Bonchev–Trinajstić information content (AvgIpc) is 2.32. The molecular weight excluding hydrogens is 174 g/mol. The van der Waals surface area contributed by atoms with Crippen molar-refractivity contribution in [3.05, 3.63) is 23.5 Å². The van der Waals surface area contributed by atoms with E-state index in [1.165, 1.54) is 16.8 Å². The molecule has 0 radical (unpaired) electrons. The number of rotatable bonds is 3. The molecule has 0 atom stereocenters. The van der Waals surface area contributed by atoms with Gasteiger partial charge < -0.3 is 14.8 Å². The minimum absolute atomic E-state index is 0.0462. The highest BCUT2D eigenvalue weighted by molar-refractivity contribution is 5.90. The molecule has 70 valence electrons. The average molecular weight is 183 g/mol. The molecular formula is C8H9NO4. The van der Waals surface area contributed by atoms with Crippen molar-refractivity contribution in [3.63, 3.8) is 0 Å². The van der Waals surface area contributed by atoms with Crippen molar-refractivity contribution in [2.45, 2.75) is 6.42 Å². The highest BCUT2D eigenvalue weighted by Crippen LogP contribution is 2.10. The molecule has 13 heavy (non-hydrogen) atoms. The third kappa shape index (κ3) is 1.87. The lowest BCUT2D eigenvalue weighted by Crippen LogP contribution is -2.09. The van der Waals surface area contributed by atoms with Gasteiger partial charge in [0, 0.05) is 18.9 Å². The number of aliphatic carboxylic acids is 1. The maximum atomic E-state index is 10.6. The van der Waals surface area contributed by atoms with Gasteiger partial charge in [-0.3, -0.25) is 4.79 Å². The first-order chi connectivity index (χ1) is 6.02. The summed E-state index contributed by atoms with van der Waals surface area (Å²) >= 11 is 0. The molecule has 0 bridgehead atoms. The summed E-state index contributed by atoms with van der Waals surface area (Å²) in [5.74, 6) is -2.14. The fraction of sp³-hybridized carbons (Fsp3) is 0.250. The molecule has 0 aliphatic rings. The third-order valence-corrected chi connectivity index (χ3v) is 1.75. The first-order valence-corrected chi connectivity index (χ1v) is 3.61. The van der Waals surface area contributed by atoms with E-state index in [9.17, 15) is 9.59 Å². The van der Waals surface area contributed by atoms with Crippen molar-refractivity contribution in [1.29, 1.82) is 0 Å². The number of carboxylic acid groups (broad SMARTS) is 2.